The Labute approximate surface area is 93.7 Å². The molecule has 1 rings (SSSR count). The molecule has 0 unspecified atom stereocenters. The molecule has 16 heavy (non-hydrogen) atoms. The Balaban J connectivity index is 2.45. The van der Waals surface area contributed by atoms with Crippen molar-refractivity contribution < 1.29 is 13.2 Å². The number of hydrogen-bond acceptors (Lipinski definition) is 1. The van der Waals surface area contributed by atoms with Gasteiger partial charge in [0.05, 0.1) is 5.69 Å². The van der Waals surface area contributed by atoms with E-state index in [4.69, 9.17) is 0 Å². The van der Waals surface area contributed by atoms with E-state index in [0.717, 1.165) is 31.7 Å². The molecule has 0 bridgehead atoms. The molecule has 0 aliphatic carbocycles. The van der Waals surface area contributed by atoms with Crippen LogP contribution in [0.25, 0.3) is 0 Å². The molecule has 0 saturated heterocycles. The summed E-state index contributed by atoms with van der Waals surface area (Å²) in [4.78, 5) is 0. The minimum Gasteiger partial charge on any atom is -0.383 e. The SMILES string of the molecule is CCCCCCNc1ccc(F)c(F)c1F. The normalized spacial score (nSPS) is 10.5. The summed E-state index contributed by atoms with van der Waals surface area (Å²) in [5.41, 5.74) is 0.0235. The highest BCUT2D eigenvalue weighted by Crippen LogP contribution is 2.19. The van der Waals surface area contributed by atoms with Crippen molar-refractivity contribution in [3.63, 3.8) is 0 Å². The molecule has 1 nitrogen and oxygen atoms in total. The molecule has 0 saturated carbocycles. The van der Waals surface area contributed by atoms with Gasteiger partial charge >= 0.3 is 0 Å². The minimum absolute atomic E-state index is 0.0235. The van der Waals surface area contributed by atoms with E-state index in [-0.39, 0.29) is 5.69 Å². The number of hydrogen-bond donors (Lipinski definition) is 1. The lowest BCUT2D eigenvalue weighted by Gasteiger charge is -2.07. The van der Waals surface area contributed by atoms with Crippen molar-refractivity contribution in [1.29, 1.82) is 0 Å². The lowest BCUT2D eigenvalue weighted by molar-refractivity contribution is 0.449. The van der Waals surface area contributed by atoms with Crippen molar-refractivity contribution in [1.82, 2.24) is 0 Å². The molecular weight excluding hydrogens is 215 g/mol. The zero-order chi connectivity index (χ0) is 12.0. The van der Waals surface area contributed by atoms with Crippen LogP contribution in [0.5, 0.6) is 0 Å². The van der Waals surface area contributed by atoms with Crippen LogP contribution in [0, 0.1) is 17.5 Å². The van der Waals surface area contributed by atoms with Gasteiger partial charge in [0.1, 0.15) is 0 Å². The molecule has 0 atom stereocenters. The summed E-state index contributed by atoms with van der Waals surface area (Å²) in [5, 5.41) is 2.76. The highest BCUT2D eigenvalue weighted by Gasteiger charge is 2.12. The number of anilines is 1. The largest absolute Gasteiger partial charge is 0.383 e. The van der Waals surface area contributed by atoms with Gasteiger partial charge in [0.2, 0.25) is 0 Å². The molecular formula is C12H16F3N. The average molecular weight is 231 g/mol. The molecule has 0 aliphatic heterocycles. The summed E-state index contributed by atoms with van der Waals surface area (Å²) >= 11 is 0. The fraction of sp³-hybridized carbons (Fsp3) is 0.500. The van der Waals surface area contributed by atoms with E-state index in [2.05, 4.69) is 12.2 Å². The predicted molar refractivity (Wildman–Crippen MR) is 58.9 cm³/mol. The van der Waals surface area contributed by atoms with Crippen LogP contribution in [0.15, 0.2) is 12.1 Å². The van der Waals surface area contributed by atoms with Gasteiger partial charge in [-0.3, -0.25) is 0 Å². The Hall–Kier alpha value is -1.19. The molecule has 0 spiro atoms. The maximum atomic E-state index is 13.2. The highest BCUT2D eigenvalue weighted by atomic mass is 19.2. The zero-order valence-electron chi connectivity index (χ0n) is 9.32. The molecule has 1 N–H and O–H groups in total. The lowest BCUT2D eigenvalue weighted by Crippen LogP contribution is -2.05. The minimum atomic E-state index is -1.42. The topological polar surface area (TPSA) is 12.0 Å². The van der Waals surface area contributed by atoms with Crippen molar-refractivity contribution in [2.24, 2.45) is 0 Å². The van der Waals surface area contributed by atoms with Gasteiger partial charge in [0, 0.05) is 6.54 Å². The van der Waals surface area contributed by atoms with E-state index in [9.17, 15) is 13.2 Å². The maximum Gasteiger partial charge on any atom is 0.196 e. The first-order chi connectivity index (χ1) is 7.66. The van der Waals surface area contributed by atoms with Crippen LogP contribution in [0.3, 0.4) is 0 Å². The molecule has 0 amide bonds. The monoisotopic (exact) mass is 231 g/mol. The van der Waals surface area contributed by atoms with Crippen LogP contribution >= 0.6 is 0 Å². The van der Waals surface area contributed by atoms with Gasteiger partial charge in [-0.05, 0) is 18.6 Å². The smallest absolute Gasteiger partial charge is 0.196 e. The molecule has 0 aromatic heterocycles. The van der Waals surface area contributed by atoms with Crippen molar-refractivity contribution in [2.75, 3.05) is 11.9 Å². The third-order valence-electron chi connectivity index (χ3n) is 2.38. The van der Waals surface area contributed by atoms with E-state index < -0.39 is 17.5 Å². The third kappa shape index (κ3) is 3.43. The molecule has 1 aromatic carbocycles. The van der Waals surface area contributed by atoms with Crippen molar-refractivity contribution in [2.45, 2.75) is 32.6 Å². The second kappa shape index (κ2) is 6.40. The highest BCUT2D eigenvalue weighted by molar-refractivity contribution is 5.45. The van der Waals surface area contributed by atoms with Crippen LogP contribution < -0.4 is 5.32 Å². The second-order valence-electron chi connectivity index (χ2n) is 3.71. The van der Waals surface area contributed by atoms with Crippen LogP contribution in [0.1, 0.15) is 32.6 Å². The molecule has 90 valence electrons. The van der Waals surface area contributed by atoms with Gasteiger partial charge in [0.15, 0.2) is 17.5 Å². The summed E-state index contributed by atoms with van der Waals surface area (Å²) in [5.74, 6) is -3.72. The molecule has 0 aliphatic rings. The Bertz CT molecular complexity index is 339. The summed E-state index contributed by atoms with van der Waals surface area (Å²) < 4.78 is 38.6. The molecule has 0 radical (unpaired) electrons. The molecule has 0 fully saturated rings. The number of unbranched alkanes of at least 4 members (excludes halogenated alkanes) is 3. The maximum absolute atomic E-state index is 13.2. The van der Waals surface area contributed by atoms with Crippen molar-refractivity contribution >= 4 is 5.69 Å². The van der Waals surface area contributed by atoms with Crippen LogP contribution in [0.4, 0.5) is 18.9 Å². The standard InChI is InChI=1S/C12H16F3N/c1-2-3-4-5-8-16-10-7-6-9(13)11(14)12(10)15/h6-7,16H,2-5,8H2,1H3. The number of nitrogens with one attached hydrogen (secondary N) is 1. The average Bonchev–Trinajstić information content (AvgIpc) is 2.28. The van der Waals surface area contributed by atoms with Crippen molar-refractivity contribution in [3.8, 4) is 0 Å². The van der Waals surface area contributed by atoms with Gasteiger partial charge in [0.25, 0.3) is 0 Å². The Morgan fingerprint density at radius 2 is 1.75 bits per heavy atom. The summed E-state index contributed by atoms with van der Waals surface area (Å²) in [6, 6.07) is 2.14. The summed E-state index contributed by atoms with van der Waals surface area (Å²) in [7, 11) is 0. The Morgan fingerprint density at radius 1 is 1.00 bits per heavy atom. The van der Waals surface area contributed by atoms with Gasteiger partial charge in [-0.25, -0.2) is 13.2 Å². The fourth-order valence-corrected chi connectivity index (χ4v) is 1.44. The van der Waals surface area contributed by atoms with E-state index in [1.54, 1.807) is 0 Å². The quantitative estimate of drug-likeness (QED) is 0.574. The first-order valence-corrected chi connectivity index (χ1v) is 5.54. The van der Waals surface area contributed by atoms with E-state index in [1.165, 1.54) is 6.07 Å². The third-order valence-corrected chi connectivity index (χ3v) is 2.38. The number of halogens is 3. The van der Waals surface area contributed by atoms with Gasteiger partial charge in [-0.2, -0.15) is 0 Å². The van der Waals surface area contributed by atoms with E-state index >= 15 is 0 Å². The first-order valence-electron chi connectivity index (χ1n) is 5.54. The van der Waals surface area contributed by atoms with E-state index in [0.29, 0.717) is 6.54 Å². The number of benzene rings is 1. The molecule has 0 heterocycles. The lowest BCUT2D eigenvalue weighted by atomic mass is 10.2. The van der Waals surface area contributed by atoms with Gasteiger partial charge in [-0.15, -0.1) is 0 Å². The second-order valence-corrected chi connectivity index (χ2v) is 3.71. The van der Waals surface area contributed by atoms with Crippen molar-refractivity contribution in [3.05, 3.63) is 29.6 Å². The summed E-state index contributed by atoms with van der Waals surface area (Å²) in [6.07, 6.45) is 4.20. The van der Waals surface area contributed by atoms with E-state index in [1.807, 2.05) is 0 Å². The predicted octanol–water partition coefficient (Wildman–Crippen LogP) is 4.10. The number of rotatable bonds is 6. The van der Waals surface area contributed by atoms with Crippen LogP contribution in [-0.2, 0) is 0 Å². The van der Waals surface area contributed by atoms with Crippen LogP contribution in [0.2, 0.25) is 0 Å². The summed E-state index contributed by atoms with van der Waals surface area (Å²) in [6.45, 7) is 2.67. The Kier molecular flexibility index (Phi) is 5.15. The molecule has 1 aromatic rings. The molecule has 4 heteroatoms. The zero-order valence-corrected chi connectivity index (χ0v) is 9.32. The Morgan fingerprint density at radius 3 is 2.44 bits per heavy atom. The fourth-order valence-electron chi connectivity index (χ4n) is 1.44. The van der Waals surface area contributed by atoms with Crippen LogP contribution in [-0.4, -0.2) is 6.54 Å². The first kappa shape index (κ1) is 12.9. The van der Waals surface area contributed by atoms with Gasteiger partial charge in [-0.1, -0.05) is 26.2 Å². The van der Waals surface area contributed by atoms with Gasteiger partial charge < -0.3 is 5.32 Å².